The van der Waals surface area contributed by atoms with Crippen molar-refractivity contribution in [2.45, 2.75) is 51.6 Å². The van der Waals surface area contributed by atoms with Crippen LogP contribution in [-0.4, -0.2) is 37.7 Å². The molecule has 0 radical (unpaired) electrons. The third kappa shape index (κ3) is 4.86. The van der Waals surface area contributed by atoms with Crippen LogP contribution in [0.3, 0.4) is 0 Å². The van der Waals surface area contributed by atoms with Gasteiger partial charge in [0.25, 0.3) is 0 Å². The average Bonchev–Trinajstić information content (AvgIpc) is 2.25. The van der Waals surface area contributed by atoms with Crippen LogP contribution in [0.25, 0.3) is 0 Å². The van der Waals surface area contributed by atoms with Gasteiger partial charge in [0, 0.05) is 11.6 Å². The molecule has 1 aliphatic carbocycles. The molecule has 0 aromatic heterocycles. The second-order valence-electron chi connectivity index (χ2n) is 6.31. The van der Waals surface area contributed by atoms with Crippen molar-refractivity contribution in [2.24, 2.45) is 5.41 Å². The zero-order valence-electron chi connectivity index (χ0n) is 12.4. The second-order valence-corrected chi connectivity index (χ2v) is 6.31. The molecule has 20 heavy (non-hydrogen) atoms. The van der Waals surface area contributed by atoms with Crippen LogP contribution in [0.15, 0.2) is 0 Å². The molecule has 0 aliphatic heterocycles. The van der Waals surface area contributed by atoms with E-state index in [4.69, 9.17) is 0 Å². The molecule has 0 spiro atoms. The van der Waals surface area contributed by atoms with Gasteiger partial charge in [-0.3, -0.25) is 0 Å². The molecule has 1 saturated carbocycles. The number of nitrogens with one attached hydrogen (secondary N) is 2. The minimum Gasteiger partial charge on any atom is -0.453 e. The molecule has 1 aliphatic rings. The molecular formula is C13H23FN2O4. The Morgan fingerprint density at radius 3 is 2.45 bits per heavy atom. The lowest BCUT2D eigenvalue weighted by atomic mass is 9.67. The SMILES string of the molecule is COC(=O)NC1(C)CC(NC(=O)OCF)CC(C)(C)C1. The first-order valence-electron chi connectivity index (χ1n) is 6.55. The largest absolute Gasteiger partial charge is 0.453 e. The van der Waals surface area contributed by atoms with Crippen molar-refractivity contribution < 1.29 is 23.5 Å². The average molecular weight is 290 g/mol. The van der Waals surface area contributed by atoms with E-state index in [2.05, 4.69) is 34.0 Å². The highest BCUT2D eigenvalue weighted by Gasteiger charge is 2.43. The quantitative estimate of drug-likeness (QED) is 0.836. The molecule has 0 aromatic carbocycles. The molecule has 0 heterocycles. The minimum atomic E-state index is -1.15. The first kappa shape index (κ1) is 16.5. The molecule has 2 amide bonds. The normalized spacial score (nSPS) is 28.4. The van der Waals surface area contributed by atoms with Crippen molar-refractivity contribution in [3.05, 3.63) is 0 Å². The number of carbonyl (C=O) groups excluding carboxylic acids is 2. The summed E-state index contributed by atoms with van der Waals surface area (Å²) in [7, 11) is 1.31. The van der Waals surface area contributed by atoms with Crippen LogP contribution >= 0.6 is 0 Å². The Kier molecular flexibility index (Phi) is 5.19. The topological polar surface area (TPSA) is 76.7 Å². The van der Waals surface area contributed by atoms with Crippen molar-refractivity contribution in [2.75, 3.05) is 14.0 Å². The Morgan fingerprint density at radius 1 is 1.25 bits per heavy atom. The van der Waals surface area contributed by atoms with E-state index in [1.54, 1.807) is 0 Å². The summed E-state index contributed by atoms with van der Waals surface area (Å²) in [6.45, 7) is 4.86. The molecule has 116 valence electrons. The molecular weight excluding hydrogens is 267 g/mol. The number of carbonyl (C=O) groups is 2. The zero-order chi connectivity index (χ0) is 15.4. The van der Waals surface area contributed by atoms with Gasteiger partial charge in [-0.25, -0.2) is 14.0 Å². The lowest BCUT2D eigenvalue weighted by Gasteiger charge is -2.46. The van der Waals surface area contributed by atoms with Gasteiger partial charge in [0.2, 0.25) is 6.86 Å². The van der Waals surface area contributed by atoms with Gasteiger partial charge < -0.3 is 20.1 Å². The van der Waals surface area contributed by atoms with Gasteiger partial charge >= 0.3 is 12.2 Å². The fourth-order valence-electron chi connectivity index (χ4n) is 3.24. The predicted octanol–water partition coefficient (Wildman–Crippen LogP) is 2.33. The van der Waals surface area contributed by atoms with Crippen LogP contribution < -0.4 is 10.6 Å². The van der Waals surface area contributed by atoms with Crippen LogP contribution in [0.1, 0.15) is 40.0 Å². The summed E-state index contributed by atoms with van der Waals surface area (Å²) in [5, 5.41) is 5.44. The second kappa shape index (κ2) is 6.28. The summed E-state index contributed by atoms with van der Waals surface area (Å²) >= 11 is 0. The molecule has 0 aromatic rings. The number of methoxy groups -OCH3 is 1. The fourth-order valence-corrected chi connectivity index (χ4v) is 3.24. The van der Waals surface area contributed by atoms with Crippen LogP contribution in [0.4, 0.5) is 14.0 Å². The predicted molar refractivity (Wildman–Crippen MR) is 71.0 cm³/mol. The highest BCUT2D eigenvalue weighted by molar-refractivity contribution is 5.68. The van der Waals surface area contributed by atoms with Crippen molar-refractivity contribution >= 4 is 12.2 Å². The molecule has 0 saturated heterocycles. The zero-order valence-corrected chi connectivity index (χ0v) is 12.4. The maximum Gasteiger partial charge on any atom is 0.409 e. The van der Waals surface area contributed by atoms with E-state index in [-0.39, 0.29) is 11.5 Å². The van der Waals surface area contributed by atoms with Gasteiger partial charge in [-0.15, -0.1) is 0 Å². The van der Waals surface area contributed by atoms with E-state index >= 15 is 0 Å². The number of ether oxygens (including phenoxy) is 2. The van der Waals surface area contributed by atoms with Gasteiger partial charge in [-0.05, 0) is 31.6 Å². The third-order valence-corrected chi connectivity index (χ3v) is 3.46. The van der Waals surface area contributed by atoms with Crippen LogP contribution in [-0.2, 0) is 9.47 Å². The number of hydrogen-bond donors (Lipinski definition) is 2. The van der Waals surface area contributed by atoms with Gasteiger partial charge in [-0.1, -0.05) is 13.8 Å². The number of alkyl carbamates (subject to hydrolysis) is 2. The summed E-state index contributed by atoms with van der Waals surface area (Å²) in [4.78, 5) is 22.8. The summed E-state index contributed by atoms with van der Waals surface area (Å²) in [5.74, 6) is 0. The Balaban J connectivity index is 2.74. The van der Waals surface area contributed by atoms with E-state index in [1.165, 1.54) is 7.11 Å². The van der Waals surface area contributed by atoms with Crippen molar-refractivity contribution in [1.29, 1.82) is 0 Å². The summed E-state index contributed by atoms with van der Waals surface area (Å²) in [6, 6.07) is -0.194. The molecule has 2 atom stereocenters. The molecule has 0 bridgehead atoms. The van der Waals surface area contributed by atoms with Crippen LogP contribution in [0.2, 0.25) is 0 Å². The highest BCUT2D eigenvalue weighted by atomic mass is 19.1. The summed E-state index contributed by atoms with van der Waals surface area (Å²) in [5.41, 5.74) is -0.579. The van der Waals surface area contributed by atoms with E-state index < -0.39 is 24.6 Å². The molecule has 2 N–H and O–H groups in total. The monoisotopic (exact) mass is 290 g/mol. The lowest BCUT2D eigenvalue weighted by molar-refractivity contribution is 0.0719. The standard InChI is InChI=1S/C13H23FN2O4/c1-12(2)5-9(15-10(17)20-8-14)6-13(3,7-12)16-11(18)19-4/h9H,5-8H2,1-4H3,(H,15,17)(H,16,18). The molecule has 7 heteroatoms. The maximum atomic E-state index is 12.0. The van der Waals surface area contributed by atoms with Gasteiger partial charge in [0.05, 0.1) is 7.11 Å². The number of hydrogen-bond acceptors (Lipinski definition) is 4. The smallest absolute Gasteiger partial charge is 0.409 e. The number of alkyl halides is 1. The summed E-state index contributed by atoms with van der Waals surface area (Å²) in [6.07, 6.45) is 0.733. The maximum absolute atomic E-state index is 12.0. The molecule has 2 unspecified atom stereocenters. The third-order valence-electron chi connectivity index (χ3n) is 3.46. The van der Waals surface area contributed by atoms with Crippen molar-refractivity contribution in [3.8, 4) is 0 Å². The minimum absolute atomic E-state index is 0.0817. The number of rotatable bonds is 3. The molecule has 6 nitrogen and oxygen atoms in total. The van der Waals surface area contributed by atoms with Crippen LogP contribution in [0.5, 0.6) is 0 Å². The van der Waals surface area contributed by atoms with E-state index in [0.717, 1.165) is 12.8 Å². The number of halogens is 1. The van der Waals surface area contributed by atoms with Crippen LogP contribution in [0, 0.1) is 5.41 Å². The van der Waals surface area contributed by atoms with Crippen molar-refractivity contribution in [1.82, 2.24) is 10.6 Å². The van der Waals surface area contributed by atoms with E-state index in [9.17, 15) is 14.0 Å². The van der Waals surface area contributed by atoms with Gasteiger partial charge in [0.1, 0.15) is 0 Å². The first-order chi connectivity index (χ1) is 9.19. The van der Waals surface area contributed by atoms with Gasteiger partial charge in [-0.2, -0.15) is 0 Å². The Labute approximate surface area is 118 Å². The number of amides is 2. The van der Waals surface area contributed by atoms with E-state index in [0.29, 0.717) is 6.42 Å². The molecule has 1 fully saturated rings. The Bertz CT molecular complexity index is 375. The Morgan fingerprint density at radius 2 is 1.90 bits per heavy atom. The Hall–Kier alpha value is -1.53. The fraction of sp³-hybridized carbons (Fsp3) is 0.846. The van der Waals surface area contributed by atoms with Crippen molar-refractivity contribution in [3.63, 3.8) is 0 Å². The first-order valence-corrected chi connectivity index (χ1v) is 6.55. The lowest BCUT2D eigenvalue weighted by Crippen LogP contribution is -2.57. The van der Waals surface area contributed by atoms with E-state index in [1.807, 2.05) is 6.92 Å². The molecule has 1 rings (SSSR count). The highest BCUT2D eigenvalue weighted by Crippen LogP contribution is 2.41. The van der Waals surface area contributed by atoms with Gasteiger partial charge in [0.15, 0.2) is 0 Å². The summed E-state index contributed by atoms with van der Waals surface area (Å²) < 4.78 is 20.8.